The van der Waals surface area contributed by atoms with Crippen LogP contribution in [0.2, 0.25) is 0 Å². The lowest BCUT2D eigenvalue weighted by molar-refractivity contribution is 0.0636. The molecule has 0 aromatic heterocycles. The summed E-state index contributed by atoms with van der Waals surface area (Å²) in [5.41, 5.74) is 2.06. The molecule has 1 fully saturated rings. The summed E-state index contributed by atoms with van der Waals surface area (Å²) in [6.07, 6.45) is -0.567. The molecule has 1 amide bonds. The molecule has 1 aromatic carbocycles. The number of rotatable bonds is 4. The largest absolute Gasteiger partial charge is 0.488 e. The van der Waals surface area contributed by atoms with Crippen molar-refractivity contribution in [2.45, 2.75) is 39.8 Å². The predicted octanol–water partition coefficient (Wildman–Crippen LogP) is 0.427. The van der Waals surface area contributed by atoms with Crippen molar-refractivity contribution in [1.29, 1.82) is 0 Å². The molecule has 2 rings (SSSR count). The van der Waals surface area contributed by atoms with Crippen molar-refractivity contribution in [1.82, 2.24) is 10.2 Å². The number of hydrogen-bond donors (Lipinski definition) is 4. The Labute approximate surface area is 149 Å². The van der Waals surface area contributed by atoms with Gasteiger partial charge in [-0.25, -0.2) is 4.79 Å². The lowest BCUT2D eigenvalue weighted by atomic mass is 9.75. The summed E-state index contributed by atoms with van der Waals surface area (Å²) in [4.78, 5) is 14.3. The predicted molar refractivity (Wildman–Crippen MR) is 99.0 cm³/mol. The van der Waals surface area contributed by atoms with E-state index in [1.54, 1.807) is 26.8 Å². The molecule has 0 atom stereocenters. The van der Waals surface area contributed by atoms with E-state index in [0.717, 1.165) is 37.3 Å². The lowest BCUT2D eigenvalue weighted by Gasteiger charge is -2.28. The molecule has 1 aliphatic rings. The number of amides is 1. The third-order valence-corrected chi connectivity index (χ3v) is 4.08. The summed E-state index contributed by atoms with van der Waals surface area (Å²) in [6.45, 7) is 11.7. The van der Waals surface area contributed by atoms with Gasteiger partial charge in [0.1, 0.15) is 5.60 Å². The number of nitrogens with one attached hydrogen (secondary N) is 2. The van der Waals surface area contributed by atoms with Gasteiger partial charge in [-0.1, -0.05) is 0 Å². The zero-order valence-electron chi connectivity index (χ0n) is 15.4. The van der Waals surface area contributed by atoms with Crippen LogP contribution in [0.4, 0.5) is 10.5 Å². The molecule has 1 saturated heterocycles. The summed E-state index contributed by atoms with van der Waals surface area (Å²) in [6, 6.07) is 3.44. The van der Waals surface area contributed by atoms with E-state index in [2.05, 4.69) is 15.5 Å². The maximum absolute atomic E-state index is 12.0. The average Bonchev–Trinajstić information content (AvgIpc) is 2.49. The smallest absolute Gasteiger partial charge is 0.444 e. The van der Waals surface area contributed by atoms with Crippen molar-refractivity contribution in [3.8, 4) is 0 Å². The topological polar surface area (TPSA) is 94.1 Å². The summed E-state index contributed by atoms with van der Waals surface area (Å²) >= 11 is 0. The average molecular weight is 349 g/mol. The van der Waals surface area contributed by atoms with Gasteiger partial charge in [0.2, 0.25) is 0 Å². The van der Waals surface area contributed by atoms with Crippen molar-refractivity contribution in [2.24, 2.45) is 0 Å². The first-order valence-corrected chi connectivity index (χ1v) is 8.58. The van der Waals surface area contributed by atoms with Crippen molar-refractivity contribution in [3.63, 3.8) is 0 Å². The molecule has 0 bridgehead atoms. The Morgan fingerprint density at radius 3 is 2.52 bits per heavy atom. The monoisotopic (exact) mass is 349 g/mol. The Morgan fingerprint density at radius 1 is 1.32 bits per heavy atom. The van der Waals surface area contributed by atoms with Gasteiger partial charge in [-0.2, -0.15) is 0 Å². The number of ether oxygens (including phenoxy) is 1. The van der Waals surface area contributed by atoms with Crippen molar-refractivity contribution < 1.29 is 19.6 Å². The van der Waals surface area contributed by atoms with E-state index in [9.17, 15) is 14.8 Å². The zero-order valence-corrected chi connectivity index (χ0v) is 15.4. The molecule has 0 unspecified atom stereocenters. The second-order valence-electron chi connectivity index (χ2n) is 7.38. The van der Waals surface area contributed by atoms with Gasteiger partial charge in [0.05, 0.1) is 0 Å². The van der Waals surface area contributed by atoms with E-state index >= 15 is 0 Å². The van der Waals surface area contributed by atoms with Crippen molar-refractivity contribution in [3.05, 3.63) is 23.3 Å². The van der Waals surface area contributed by atoms with Gasteiger partial charge in [0.15, 0.2) is 0 Å². The van der Waals surface area contributed by atoms with E-state index in [1.807, 2.05) is 13.0 Å². The van der Waals surface area contributed by atoms with Crippen LogP contribution < -0.4 is 16.1 Å². The highest BCUT2D eigenvalue weighted by atomic mass is 16.6. The minimum atomic E-state index is -1.60. The standard InChI is InChI=1S/C17H28BN3O4/c1-12-13(11-21-7-5-19-6-8-21)9-14(10-15(12)18(23)24)20-16(22)25-17(2,3)4/h9-10,19,23-24H,5-8,11H2,1-4H3,(H,20,22). The molecule has 0 aliphatic carbocycles. The van der Waals surface area contributed by atoms with Crippen LogP contribution in [-0.2, 0) is 11.3 Å². The molecule has 25 heavy (non-hydrogen) atoms. The van der Waals surface area contributed by atoms with Crippen LogP contribution in [0, 0.1) is 6.92 Å². The van der Waals surface area contributed by atoms with Gasteiger partial charge in [0, 0.05) is 38.4 Å². The molecular formula is C17H28BN3O4. The lowest BCUT2D eigenvalue weighted by Crippen LogP contribution is -2.43. The summed E-state index contributed by atoms with van der Waals surface area (Å²) < 4.78 is 5.27. The molecule has 0 spiro atoms. The maximum Gasteiger partial charge on any atom is 0.488 e. The van der Waals surface area contributed by atoms with E-state index in [4.69, 9.17) is 4.74 Å². The number of hydrogen-bond acceptors (Lipinski definition) is 6. The van der Waals surface area contributed by atoms with Gasteiger partial charge < -0.3 is 20.1 Å². The van der Waals surface area contributed by atoms with Crippen molar-refractivity contribution in [2.75, 3.05) is 31.5 Å². The van der Waals surface area contributed by atoms with Crippen LogP contribution in [0.1, 0.15) is 31.9 Å². The molecule has 7 nitrogen and oxygen atoms in total. The number of anilines is 1. The molecule has 0 saturated carbocycles. The third-order valence-electron chi connectivity index (χ3n) is 4.08. The first-order chi connectivity index (χ1) is 11.7. The number of piperazine rings is 1. The van der Waals surface area contributed by atoms with Crippen LogP contribution in [0.25, 0.3) is 0 Å². The summed E-state index contributed by atoms with van der Waals surface area (Å²) in [7, 11) is -1.60. The minimum Gasteiger partial charge on any atom is -0.444 e. The highest BCUT2D eigenvalue weighted by molar-refractivity contribution is 6.59. The van der Waals surface area contributed by atoms with Crippen LogP contribution >= 0.6 is 0 Å². The second kappa shape index (κ2) is 8.18. The Kier molecular flexibility index (Phi) is 6.45. The number of benzene rings is 1. The molecule has 4 N–H and O–H groups in total. The molecule has 0 radical (unpaired) electrons. The third kappa shape index (κ3) is 6.00. The molecule has 138 valence electrons. The summed E-state index contributed by atoms with van der Waals surface area (Å²) in [5.74, 6) is 0. The SMILES string of the molecule is Cc1c(CN2CCNCC2)cc(NC(=O)OC(C)(C)C)cc1B(O)O. The minimum absolute atomic E-state index is 0.388. The quantitative estimate of drug-likeness (QED) is 0.589. The summed E-state index contributed by atoms with van der Waals surface area (Å²) in [5, 5.41) is 25.3. The van der Waals surface area contributed by atoms with Crippen molar-refractivity contribution >= 4 is 24.4 Å². The highest BCUT2D eigenvalue weighted by Crippen LogP contribution is 2.18. The first kappa shape index (κ1) is 19.7. The molecule has 1 aromatic rings. The Bertz CT molecular complexity index is 611. The van der Waals surface area contributed by atoms with Gasteiger partial charge in [-0.05, 0) is 56.4 Å². The molecule has 8 heteroatoms. The van der Waals surface area contributed by atoms with E-state index in [1.165, 1.54) is 0 Å². The number of nitrogens with zero attached hydrogens (tertiary/aromatic N) is 1. The molecule has 1 heterocycles. The number of carbonyl (C=O) groups is 1. The first-order valence-electron chi connectivity index (χ1n) is 8.58. The van der Waals surface area contributed by atoms with Gasteiger partial charge in [0.25, 0.3) is 0 Å². The Hall–Kier alpha value is -1.61. The fourth-order valence-corrected chi connectivity index (χ4v) is 2.84. The van der Waals surface area contributed by atoms with Crippen LogP contribution in [-0.4, -0.2) is 59.9 Å². The van der Waals surface area contributed by atoms with Gasteiger partial charge in [-0.15, -0.1) is 0 Å². The fraction of sp³-hybridized carbons (Fsp3) is 0.588. The number of carbonyl (C=O) groups excluding carboxylic acids is 1. The molecular weight excluding hydrogens is 321 g/mol. The van der Waals surface area contributed by atoms with E-state index in [0.29, 0.717) is 17.7 Å². The van der Waals surface area contributed by atoms with E-state index in [-0.39, 0.29) is 0 Å². The van der Waals surface area contributed by atoms with Crippen LogP contribution in [0.5, 0.6) is 0 Å². The Balaban J connectivity index is 2.22. The second-order valence-corrected chi connectivity index (χ2v) is 7.38. The van der Waals surface area contributed by atoms with Gasteiger partial charge >= 0.3 is 13.2 Å². The van der Waals surface area contributed by atoms with Crippen LogP contribution in [0.15, 0.2) is 12.1 Å². The maximum atomic E-state index is 12.0. The highest BCUT2D eigenvalue weighted by Gasteiger charge is 2.21. The van der Waals surface area contributed by atoms with Crippen LogP contribution in [0.3, 0.4) is 0 Å². The molecule has 1 aliphatic heterocycles. The Morgan fingerprint density at radius 2 is 1.96 bits per heavy atom. The zero-order chi connectivity index (χ0) is 18.6. The fourth-order valence-electron chi connectivity index (χ4n) is 2.84. The van der Waals surface area contributed by atoms with Gasteiger partial charge in [-0.3, -0.25) is 10.2 Å². The van der Waals surface area contributed by atoms with E-state index < -0.39 is 18.8 Å². The normalized spacial score (nSPS) is 15.8.